The molecule has 1 aliphatic rings. The molecule has 0 radical (unpaired) electrons. The molecule has 44 heavy (non-hydrogen) atoms. The van der Waals surface area contributed by atoms with Crippen LogP contribution in [0.15, 0.2) is 67.1 Å². The van der Waals surface area contributed by atoms with Gasteiger partial charge in [0.05, 0.1) is 13.2 Å². The third kappa shape index (κ3) is 8.47. The highest BCUT2D eigenvalue weighted by atomic mass is 32.1. The summed E-state index contributed by atoms with van der Waals surface area (Å²) >= 11 is 0.720. The van der Waals surface area contributed by atoms with Crippen LogP contribution in [-0.2, 0) is 37.0 Å². The molecule has 1 saturated heterocycles. The lowest BCUT2D eigenvalue weighted by molar-refractivity contribution is -0.141. The number of rotatable bonds is 12. The van der Waals surface area contributed by atoms with E-state index >= 15 is 0 Å². The first-order valence-electron chi connectivity index (χ1n) is 14.6. The Labute approximate surface area is 258 Å². The fraction of sp³-hybridized carbons (Fsp3) is 0.375. The van der Waals surface area contributed by atoms with Crippen LogP contribution in [-0.4, -0.2) is 70.1 Å². The SMILES string of the molecule is CCN(Cc1ccncc1)Cc1cccnc1-c1nc(C(F)(F)F)c(C(=O)NCCc2cccc(CN3CCOCC3)c2)s1. The summed E-state index contributed by atoms with van der Waals surface area (Å²) in [5.74, 6) is -0.795. The second kappa shape index (κ2) is 14.8. The van der Waals surface area contributed by atoms with Gasteiger partial charge in [-0.3, -0.25) is 24.6 Å². The fourth-order valence-corrected chi connectivity index (χ4v) is 6.13. The number of halogens is 3. The second-order valence-corrected chi connectivity index (χ2v) is 11.6. The quantitative estimate of drug-likeness (QED) is 0.225. The lowest BCUT2D eigenvalue weighted by Crippen LogP contribution is -2.35. The van der Waals surface area contributed by atoms with Crippen molar-refractivity contribution < 1.29 is 22.7 Å². The van der Waals surface area contributed by atoms with Gasteiger partial charge in [0.2, 0.25) is 0 Å². The Bertz CT molecular complexity index is 1530. The Morgan fingerprint density at radius 1 is 1.02 bits per heavy atom. The molecule has 0 aliphatic carbocycles. The summed E-state index contributed by atoms with van der Waals surface area (Å²) in [5, 5.41) is 2.74. The number of thiazole rings is 1. The molecule has 1 amide bonds. The van der Waals surface area contributed by atoms with Crippen LogP contribution in [0.2, 0.25) is 0 Å². The first-order chi connectivity index (χ1) is 21.3. The van der Waals surface area contributed by atoms with Gasteiger partial charge in [0.25, 0.3) is 5.91 Å². The Morgan fingerprint density at radius 2 is 1.80 bits per heavy atom. The van der Waals surface area contributed by atoms with Crippen molar-refractivity contribution in [3.63, 3.8) is 0 Å². The molecule has 1 aromatic carbocycles. The number of pyridine rings is 2. The molecule has 0 spiro atoms. The minimum absolute atomic E-state index is 0.0638. The minimum atomic E-state index is -4.79. The average molecular weight is 625 g/mol. The smallest absolute Gasteiger partial charge is 0.379 e. The van der Waals surface area contributed by atoms with Gasteiger partial charge < -0.3 is 10.1 Å². The summed E-state index contributed by atoms with van der Waals surface area (Å²) in [6, 6.07) is 15.5. The van der Waals surface area contributed by atoms with Crippen molar-refractivity contribution in [3.05, 3.63) is 99.9 Å². The van der Waals surface area contributed by atoms with Crippen LogP contribution in [0.3, 0.4) is 0 Å². The molecule has 0 atom stereocenters. The van der Waals surface area contributed by atoms with Gasteiger partial charge in [0.15, 0.2) is 5.69 Å². The van der Waals surface area contributed by atoms with Gasteiger partial charge in [-0.2, -0.15) is 13.2 Å². The number of nitrogens with zero attached hydrogens (tertiary/aromatic N) is 5. The molecule has 3 aromatic heterocycles. The van der Waals surface area contributed by atoms with Crippen molar-refractivity contribution in [2.75, 3.05) is 39.4 Å². The molecule has 8 nitrogen and oxygen atoms in total. The molecule has 1 fully saturated rings. The molecule has 4 aromatic rings. The van der Waals surface area contributed by atoms with Gasteiger partial charge in [-0.25, -0.2) is 4.98 Å². The third-order valence-electron chi connectivity index (χ3n) is 7.39. The van der Waals surface area contributed by atoms with E-state index in [9.17, 15) is 18.0 Å². The minimum Gasteiger partial charge on any atom is -0.379 e. The zero-order valence-electron chi connectivity index (χ0n) is 24.5. The van der Waals surface area contributed by atoms with Crippen molar-refractivity contribution in [3.8, 4) is 10.7 Å². The number of benzene rings is 1. The molecular weight excluding hydrogens is 589 g/mol. The predicted octanol–water partition coefficient (Wildman–Crippen LogP) is 5.45. The van der Waals surface area contributed by atoms with Crippen LogP contribution in [0, 0.1) is 0 Å². The maximum absolute atomic E-state index is 14.1. The number of ether oxygens (including phenoxy) is 1. The van der Waals surface area contributed by atoms with Crippen molar-refractivity contribution in [2.24, 2.45) is 0 Å². The predicted molar refractivity (Wildman–Crippen MR) is 163 cm³/mol. The molecule has 0 saturated carbocycles. The number of morpholine rings is 1. The highest BCUT2D eigenvalue weighted by molar-refractivity contribution is 7.17. The molecule has 232 valence electrons. The third-order valence-corrected chi connectivity index (χ3v) is 8.45. The molecule has 12 heteroatoms. The molecule has 5 rings (SSSR count). The summed E-state index contributed by atoms with van der Waals surface area (Å²) in [4.78, 5) is 29.5. The zero-order chi connectivity index (χ0) is 30.9. The van der Waals surface area contributed by atoms with Crippen molar-refractivity contribution in [1.29, 1.82) is 0 Å². The summed E-state index contributed by atoms with van der Waals surface area (Å²) in [5.41, 5.74) is 3.10. The standard InChI is InChI=1S/C32H35F3N6O2S/c1-2-40(20-24-8-12-36-13-9-24)22-26-7-4-11-37-27(26)31-39-29(32(33,34)35)28(44-31)30(42)38-14-10-23-5-3-6-25(19-23)21-41-15-17-43-18-16-41/h3-9,11-13,19H,2,10,14-18,20-22H2,1H3,(H,38,42). The van der Waals surface area contributed by atoms with Crippen molar-refractivity contribution in [1.82, 2.24) is 30.1 Å². The van der Waals surface area contributed by atoms with Crippen LogP contribution in [0.4, 0.5) is 13.2 Å². The highest BCUT2D eigenvalue weighted by Gasteiger charge is 2.40. The number of hydrogen-bond acceptors (Lipinski definition) is 8. The number of carbonyl (C=O) groups excluding carboxylic acids is 1. The van der Waals surface area contributed by atoms with Crippen LogP contribution in [0.25, 0.3) is 10.7 Å². The molecule has 1 aliphatic heterocycles. The van der Waals surface area contributed by atoms with Crippen LogP contribution in [0.5, 0.6) is 0 Å². The van der Waals surface area contributed by atoms with Crippen LogP contribution >= 0.6 is 11.3 Å². The highest BCUT2D eigenvalue weighted by Crippen LogP contribution is 2.38. The average Bonchev–Trinajstić information content (AvgIpc) is 3.49. The number of carbonyl (C=O) groups is 1. The summed E-state index contributed by atoms with van der Waals surface area (Å²) < 4.78 is 47.7. The number of hydrogen-bond donors (Lipinski definition) is 1. The topological polar surface area (TPSA) is 83.5 Å². The van der Waals surface area contributed by atoms with Crippen LogP contribution < -0.4 is 5.32 Å². The van der Waals surface area contributed by atoms with Crippen LogP contribution in [0.1, 0.15) is 44.5 Å². The van der Waals surface area contributed by atoms with E-state index in [-0.39, 0.29) is 11.6 Å². The van der Waals surface area contributed by atoms with E-state index in [2.05, 4.69) is 42.2 Å². The summed E-state index contributed by atoms with van der Waals surface area (Å²) in [7, 11) is 0. The lowest BCUT2D eigenvalue weighted by atomic mass is 10.1. The van der Waals surface area contributed by atoms with E-state index in [4.69, 9.17) is 4.74 Å². The Hall–Kier alpha value is -3.71. The Morgan fingerprint density at radius 3 is 2.55 bits per heavy atom. The van der Waals surface area contributed by atoms with Gasteiger partial charge in [0, 0.05) is 57.9 Å². The Balaban J connectivity index is 1.28. The fourth-order valence-electron chi connectivity index (χ4n) is 5.09. The van der Waals surface area contributed by atoms with Gasteiger partial charge in [-0.1, -0.05) is 37.3 Å². The second-order valence-electron chi connectivity index (χ2n) is 10.6. The van der Waals surface area contributed by atoms with Crippen molar-refractivity contribution >= 4 is 17.2 Å². The van der Waals surface area contributed by atoms with Gasteiger partial charge >= 0.3 is 6.18 Å². The summed E-state index contributed by atoms with van der Waals surface area (Å²) in [6.45, 7) is 8.01. The van der Waals surface area contributed by atoms with E-state index in [1.807, 2.05) is 37.3 Å². The number of aromatic nitrogens is 3. The van der Waals surface area contributed by atoms with Gasteiger partial charge in [-0.15, -0.1) is 11.3 Å². The van der Waals surface area contributed by atoms with E-state index in [1.165, 1.54) is 6.20 Å². The van der Waals surface area contributed by atoms with Gasteiger partial charge in [-0.05, 0) is 53.4 Å². The first-order valence-corrected chi connectivity index (χ1v) is 15.4. The van der Waals surface area contributed by atoms with E-state index in [0.29, 0.717) is 31.7 Å². The maximum Gasteiger partial charge on any atom is 0.435 e. The lowest BCUT2D eigenvalue weighted by Gasteiger charge is -2.26. The number of alkyl halides is 3. The number of nitrogens with one attached hydrogen (secondary N) is 1. The molecule has 1 N–H and O–H groups in total. The largest absolute Gasteiger partial charge is 0.435 e. The molecule has 0 unspecified atom stereocenters. The molecular formula is C32H35F3N6O2S. The van der Waals surface area contributed by atoms with E-state index < -0.39 is 22.7 Å². The van der Waals surface area contributed by atoms with E-state index in [1.54, 1.807) is 18.5 Å². The van der Waals surface area contributed by atoms with Gasteiger partial charge in [0.1, 0.15) is 15.6 Å². The van der Waals surface area contributed by atoms with E-state index in [0.717, 1.165) is 66.4 Å². The first kappa shape index (κ1) is 31.7. The Kier molecular flexibility index (Phi) is 10.7. The maximum atomic E-state index is 14.1. The van der Waals surface area contributed by atoms with Crippen molar-refractivity contribution in [2.45, 2.75) is 39.2 Å². The molecule has 4 heterocycles. The molecule has 0 bridgehead atoms. The zero-order valence-corrected chi connectivity index (χ0v) is 25.3. The normalized spacial score (nSPS) is 14.2. The number of amides is 1. The monoisotopic (exact) mass is 624 g/mol. The summed E-state index contributed by atoms with van der Waals surface area (Å²) in [6.07, 6.45) is 0.678.